The Morgan fingerprint density at radius 3 is 2.89 bits per heavy atom. The number of hydrogen-bond donors (Lipinski definition) is 1. The van der Waals surface area contributed by atoms with E-state index in [0.717, 1.165) is 24.1 Å². The fourth-order valence-corrected chi connectivity index (χ4v) is 3.11. The van der Waals surface area contributed by atoms with Crippen LogP contribution >= 0.6 is 11.3 Å². The Balaban J connectivity index is 1.99. The van der Waals surface area contributed by atoms with E-state index in [4.69, 9.17) is 14.6 Å². The Morgan fingerprint density at radius 1 is 1.63 bits per heavy atom. The Kier molecular flexibility index (Phi) is 4.16. The highest BCUT2D eigenvalue weighted by Gasteiger charge is 2.32. The highest BCUT2D eigenvalue weighted by Crippen LogP contribution is 2.32. The Morgan fingerprint density at radius 2 is 2.37 bits per heavy atom. The average Bonchev–Trinajstić information content (AvgIpc) is 2.89. The average molecular weight is 284 g/mol. The maximum Gasteiger partial charge on any atom is 0.349 e. The third-order valence-electron chi connectivity index (χ3n) is 3.27. The number of hydrogen-bond acceptors (Lipinski definition) is 4. The minimum Gasteiger partial charge on any atom is -0.489 e. The van der Waals surface area contributed by atoms with Gasteiger partial charge in [0, 0.05) is 4.88 Å². The van der Waals surface area contributed by atoms with Gasteiger partial charge in [0.2, 0.25) is 0 Å². The lowest BCUT2D eigenvalue weighted by Crippen LogP contribution is -2.24. The molecule has 2 heterocycles. The van der Waals surface area contributed by atoms with E-state index in [9.17, 15) is 4.79 Å². The van der Waals surface area contributed by atoms with E-state index < -0.39 is 5.97 Å². The summed E-state index contributed by atoms with van der Waals surface area (Å²) in [5.41, 5.74) is -0.0904. The van der Waals surface area contributed by atoms with Gasteiger partial charge in [0.25, 0.3) is 0 Å². The monoisotopic (exact) mass is 284 g/mol. The molecule has 1 fully saturated rings. The summed E-state index contributed by atoms with van der Waals surface area (Å²) >= 11 is 1.28. The molecule has 1 saturated heterocycles. The standard InChI is InChI=1S/C14H20O4S/c1-4-10-7-11(12(19-10)13(15)16)17-8-9-5-6-14(2,3)18-9/h7,9H,4-6,8H2,1-3H3,(H,15,16). The molecule has 0 aliphatic carbocycles. The molecule has 0 radical (unpaired) electrons. The van der Waals surface area contributed by atoms with E-state index in [-0.39, 0.29) is 16.6 Å². The third-order valence-corrected chi connectivity index (χ3v) is 4.52. The summed E-state index contributed by atoms with van der Waals surface area (Å²) in [5, 5.41) is 9.15. The van der Waals surface area contributed by atoms with Crippen LogP contribution in [0.1, 0.15) is 48.2 Å². The van der Waals surface area contributed by atoms with Crippen molar-refractivity contribution in [3.8, 4) is 5.75 Å². The highest BCUT2D eigenvalue weighted by atomic mass is 32.1. The molecule has 0 bridgehead atoms. The molecule has 106 valence electrons. The molecule has 1 atom stereocenters. The second-order valence-electron chi connectivity index (χ2n) is 5.41. The lowest BCUT2D eigenvalue weighted by Gasteiger charge is -2.19. The molecular weight excluding hydrogens is 264 g/mol. The lowest BCUT2D eigenvalue weighted by atomic mass is 10.1. The van der Waals surface area contributed by atoms with Gasteiger partial charge in [-0.05, 0) is 39.2 Å². The van der Waals surface area contributed by atoms with Crippen LogP contribution in [0, 0.1) is 0 Å². The van der Waals surface area contributed by atoms with Crippen molar-refractivity contribution >= 4 is 17.3 Å². The minimum atomic E-state index is -0.924. The SMILES string of the molecule is CCc1cc(OCC2CCC(C)(C)O2)c(C(=O)O)s1. The number of aryl methyl sites for hydroxylation is 1. The van der Waals surface area contributed by atoms with Crippen LogP contribution in [-0.4, -0.2) is 29.4 Å². The zero-order valence-electron chi connectivity index (χ0n) is 11.6. The van der Waals surface area contributed by atoms with Crippen LogP contribution in [0.2, 0.25) is 0 Å². The predicted molar refractivity (Wildman–Crippen MR) is 74.3 cm³/mol. The van der Waals surface area contributed by atoms with E-state index >= 15 is 0 Å². The van der Waals surface area contributed by atoms with Crippen molar-refractivity contribution in [2.45, 2.75) is 51.7 Å². The number of ether oxygens (including phenoxy) is 2. The van der Waals surface area contributed by atoms with Crippen molar-refractivity contribution in [3.63, 3.8) is 0 Å². The van der Waals surface area contributed by atoms with Crippen molar-refractivity contribution in [3.05, 3.63) is 15.8 Å². The summed E-state index contributed by atoms with van der Waals surface area (Å²) in [6, 6.07) is 1.83. The number of thiophene rings is 1. The smallest absolute Gasteiger partial charge is 0.349 e. The first-order valence-corrected chi connectivity index (χ1v) is 7.39. The van der Waals surface area contributed by atoms with E-state index in [1.54, 1.807) is 0 Å². The molecule has 1 unspecified atom stereocenters. The second kappa shape index (κ2) is 5.51. The fourth-order valence-electron chi connectivity index (χ4n) is 2.23. The zero-order valence-corrected chi connectivity index (χ0v) is 12.4. The maximum atomic E-state index is 11.1. The third kappa shape index (κ3) is 3.48. The van der Waals surface area contributed by atoms with Crippen molar-refractivity contribution in [2.75, 3.05) is 6.61 Å². The number of carbonyl (C=O) groups is 1. The highest BCUT2D eigenvalue weighted by molar-refractivity contribution is 7.14. The van der Waals surface area contributed by atoms with Gasteiger partial charge in [-0.15, -0.1) is 11.3 Å². The first-order chi connectivity index (χ1) is 8.91. The Labute approximate surface area is 117 Å². The van der Waals surface area contributed by atoms with Crippen LogP contribution in [0.3, 0.4) is 0 Å². The first kappa shape index (κ1) is 14.3. The molecule has 4 nitrogen and oxygen atoms in total. The van der Waals surface area contributed by atoms with E-state index in [2.05, 4.69) is 13.8 Å². The van der Waals surface area contributed by atoms with Crippen molar-refractivity contribution < 1.29 is 19.4 Å². The molecule has 1 N–H and O–H groups in total. The summed E-state index contributed by atoms with van der Waals surface area (Å²) in [5.74, 6) is -0.449. The van der Waals surface area contributed by atoms with Gasteiger partial charge in [0.1, 0.15) is 12.4 Å². The first-order valence-electron chi connectivity index (χ1n) is 6.58. The summed E-state index contributed by atoms with van der Waals surface area (Å²) in [7, 11) is 0. The van der Waals surface area contributed by atoms with Crippen LogP contribution in [0.15, 0.2) is 6.07 Å². The van der Waals surface area contributed by atoms with Crippen LogP contribution in [0.5, 0.6) is 5.75 Å². The van der Waals surface area contributed by atoms with Gasteiger partial charge in [-0.2, -0.15) is 0 Å². The molecule has 1 aliphatic rings. The normalized spacial score (nSPS) is 21.5. The number of rotatable bonds is 5. The van der Waals surface area contributed by atoms with Crippen molar-refractivity contribution in [1.29, 1.82) is 0 Å². The van der Waals surface area contributed by atoms with Crippen molar-refractivity contribution in [1.82, 2.24) is 0 Å². The summed E-state index contributed by atoms with van der Waals surface area (Å²) in [6.07, 6.45) is 2.85. The molecule has 0 spiro atoms. The molecule has 5 heteroatoms. The molecule has 2 rings (SSSR count). The molecule has 0 saturated carbocycles. The van der Waals surface area contributed by atoms with Gasteiger partial charge in [-0.1, -0.05) is 6.92 Å². The van der Waals surface area contributed by atoms with E-state index in [1.165, 1.54) is 11.3 Å². The van der Waals surface area contributed by atoms with Crippen molar-refractivity contribution in [2.24, 2.45) is 0 Å². The van der Waals surface area contributed by atoms with Gasteiger partial charge < -0.3 is 14.6 Å². The number of carboxylic acids is 1. The number of aromatic carboxylic acids is 1. The molecule has 0 aromatic carbocycles. The molecular formula is C14H20O4S. The quantitative estimate of drug-likeness (QED) is 0.901. The van der Waals surface area contributed by atoms with Gasteiger partial charge >= 0.3 is 5.97 Å². The van der Waals surface area contributed by atoms with Crippen LogP contribution < -0.4 is 4.74 Å². The van der Waals surface area contributed by atoms with Gasteiger partial charge in [-0.3, -0.25) is 0 Å². The maximum absolute atomic E-state index is 11.1. The van der Waals surface area contributed by atoms with Crippen LogP contribution in [0.25, 0.3) is 0 Å². The van der Waals surface area contributed by atoms with Gasteiger partial charge in [0.15, 0.2) is 4.88 Å². The summed E-state index contributed by atoms with van der Waals surface area (Å²) < 4.78 is 11.5. The van der Waals surface area contributed by atoms with Crippen LogP contribution in [-0.2, 0) is 11.2 Å². The van der Waals surface area contributed by atoms with Crippen LogP contribution in [0.4, 0.5) is 0 Å². The molecule has 1 aromatic rings. The fraction of sp³-hybridized carbons (Fsp3) is 0.643. The summed E-state index contributed by atoms with van der Waals surface area (Å²) in [6.45, 7) is 6.55. The van der Waals surface area contributed by atoms with Gasteiger partial charge in [0.05, 0.1) is 11.7 Å². The molecule has 0 amide bonds. The molecule has 1 aliphatic heterocycles. The largest absolute Gasteiger partial charge is 0.489 e. The Hall–Kier alpha value is -1.07. The molecule has 1 aromatic heterocycles. The van der Waals surface area contributed by atoms with E-state index in [1.807, 2.05) is 13.0 Å². The predicted octanol–water partition coefficient (Wildman–Crippen LogP) is 3.35. The zero-order chi connectivity index (χ0) is 14.0. The second-order valence-corrected chi connectivity index (χ2v) is 6.55. The molecule has 19 heavy (non-hydrogen) atoms. The topological polar surface area (TPSA) is 55.8 Å². The minimum absolute atomic E-state index is 0.0571. The summed E-state index contributed by atoms with van der Waals surface area (Å²) in [4.78, 5) is 12.5. The lowest BCUT2D eigenvalue weighted by molar-refractivity contribution is -0.0327. The van der Waals surface area contributed by atoms with Gasteiger partial charge in [-0.25, -0.2) is 4.79 Å². The van der Waals surface area contributed by atoms with E-state index in [0.29, 0.717) is 12.4 Å². The number of carboxylic acid groups (broad SMARTS) is 1. The Bertz CT molecular complexity index is 464.